The van der Waals surface area contributed by atoms with Crippen LogP contribution in [0, 0.1) is 6.92 Å². The average molecular weight is 473 g/mol. The molecule has 1 atom stereocenters. The molecule has 1 amide bonds. The molecule has 1 heterocycles. The Kier molecular flexibility index (Phi) is 7.94. The van der Waals surface area contributed by atoms with Crippen molar-refractivity contribution in [2.45, 2.75) is 52.5 Å². The van der Waals surface area contributed by atoms with Crippen molar-refractivity contribution in [3.63, 3.8) is 0 Å². The predicted octanol–water partition coefficient (Wildman–Crippen LogP) is 6.81. The van der Waals surface area contributed by atoms with E-state index in [9.17, 15) is 18.0 Å². The van der Waals surface area contributed by atoms with Gasteiger partial charge in [-0.2, -0.15) is 13.2 Å². The standard InChI is InChI=1S/C26H27F3N2O3/c1-16(2)33-17(3)13-21-11-12-24(18(4)30-21)25(32)31-20-8-6-10-23(15-20)34-22-9-5-7-19(14-22)26(27,28)29/h5-12,14-17H,13H2,1-4H3,(H,31,32). The summed E-state index contributed by atoms with van der Waals surface area (Å²) in [5.74, 6) is -0.00897. The average Bonchev–Trinajstić information content (AvgIpc) is 2.73. The van der Waals surface area contributed by atoms with Crippen LogP contribution in [-0.4, -0.2) is 23.1 Å². The van der Waals surface area contributed by atoms with Crippen molar-refractivity contribution in [1.29, 1.82) is 0 Å². The summed E-state index contributed by atoms with van der Waals surface area (Å²) in [4.78, 5) is 17.3. The lowest BCUT2D eigenvalue weighted by atomic mass is 10.1. The molecule has 0 fully saturated rings. The van der Waals surface area contributed by atoms with E-state index in [1.807, 2.05) is 20.8 Å². The summed E-state index contributed by atoms with van der Waals surface area (Å²) in [6.45, 7) is 7.69. The monoisotopic (exact) mass is 472 g/mol. The number of nitrogens with zero attached hydrogens (tertiary/aromatic N) is 1. The number of carbonyl (C=O) groups is 1. The molecular formula is C26H27F3N2O3. The number of ether oxygens (including phenoxy) is 2. The molecule has 3 aromatic rings. The fourth-order valence-corrected chi connectivity index (χ4v) is 3.48. The fourth-order valence-electron chi connectivity index (χ4n) is 3.48. The van der Waals surface area contributed by atoms with Crippen molar-refractivity contribution >= 4 is 11.6 Å². The summed E-state index contributed by atoms with van der Waals surface area (Å²) in [6, 6.07) is 14.6. The SMILES string of the molecule is Cc1nc(CC(C)OC(C)C)ccc1C(=O)Nc1cccc(Oc2cccc(C(F)(F)F)c2)c1. The van der Waals surface area contributed by atoms with Crippen LogP contribution in [0.3, 0.4) is 0 Å². The molecule has 1 aromatic heterocycles. The summed E-state index contributed by atoms with van der Waals surface area (Å²) in [7, 11) is 0. The van der Waals surface area contributed by atoms with Crippen molar-refractivity contribution < 1.29 is 27.4 Å². The van der Waals surface area contributed by atoms with Gasteiger partial charge in [-0.05, 0) is 70.2 Å². The van der Waals surface area contributed by atoms with Crippen molar-refractivity contribution in [3.8, 4) is 11.5 Å². The molecule has 2 aromatic carbocycles. The van der Waals surface area contributed by atoms with E-state index in [2.05, 4.69) is 10.3 Å². The Hall–Kier alpha value is -3.39. The van der Waals surface area contributed by atoms with Gasteiger partial charge < -0.3 is 14.8 Å². The van der Waals surface area contributed by atoms with E-state index in [4.69, 9.17) is 9.47 Å². The van der Waals surface area contributed by atoms with Gasteiger partial charge in [0.15, 0.2) is 0 Å². The minimum Gasteiger partial charge on any atom is -0.457 e. The summed E-state index contributed by atoms with van der Waals surface area (Å²) in [5.41, 5.74) is 1.48. The molecule has 3 rings (SSSR count). The Morgan fingerprint density at radius 2 is 1.68 bits per heavy atom. The van der Waals surface area contributed by atoms with Crippen LogP contribution in [0.4, 0.5) is 18.9 Å². The number of aryl methyl sites for hydroxylation is 1. The summed E-state index contributed by atoms with van der Waals surface area (Å²) < 4.78 is 50.1. The Labute approximate surface area is 196 Å². The number of rotatable bonds is 8. The number of pyridine rings is 1. The highest BCUT2D eigenvalue weighted by atomic mass is 19.4. The second-order valence-electron chi connectivity index (χ2n) is 8.24. The number of alkyl halides is 3. The molecule has 34 heavy (non-hydrogen) atoms. The van der Waals surface area contributed by atoms with Crippen molar-refractivity contribution in [3.05, 3.63) is 83.2 Å². The van der Waals surface area contributed by atoms with E-state index < -0.39 is 11.7 Å². The number of amides is 1. The lowest BCUT2D eigenvalue weighted by Crippen LogP contribution is -2.18. The van der Waals surface area contributed by atoms with Gasteiger partial charge in [0.1, 0.15) is 11.5 Å². The van der Waals surface area contributed by atoms with Crippen LogP contribution in [0.1, 0.15) is 48.1 Å². The molecule has 0 spiro atoms. The highest BCUT2D eigenvalue weighted by Gasteiger charge is 2.30. The number of benzene rings is 2. The summed E-state index contributed by atoms with van der Waals surface area (Å²) >= 11 is 0. The normalized spacial score (nSPS) is 12.5. The van der Waals surface area contributed by atoms with Gasteiger partial charge in [-0.3, -0.25) is 9.78 Å². The Morgan fingerprint density at radius 3 is 2.32 bits per heavy atom. The van der Waals surface area contributed by atoms with Crippen LogP contribution in [0.2, 0.25) is 0 Å². The molecule has 5 nitrogen and oxygen atoms in total. The number of anilines is 1. The summed E-state index contributed by atoms with van der Waals surface area (Å²) in [5, 5.41) is 2.78. The minimum absolute atomic E-state index is 0.00569. The molecule has 0 radical (unpaired) electrons. The molecule has 1 unspecified atom stereocenters. The zero-order valence-electron chi connectivity index (χ0n) is 19.4. The third kappa shape index (κ3) is 7.05. The molecule has 0 aliphatic carbocycles. The third-order valence-corrected chi connectivity index (χ3v) is 4.88. The maximum Gasteiger partial charge on any atom is 0.416 e. The minimum atomic E-state index is -4.46. The van der Waals surface area contributed by atoms with Crippen LogP contribution < -0.4 is 10.1 Å². The molecule has 0 saturated heterocycles. The van der Waals surface area contributed by atoms with E-state index in [1.165, 1.54) is 12.1 Å². The zero-order valence-corrected chi connectivity index (χ0v) is 19.4. The number of nitrogens with one attached hydrogen (secondary N) is 1. The Balaban J connectivity index is 1.68. The highest BCUT2D eigenvalue weighted by Crippen LogP contribution is 2.33. The lowest BCUT2D eigenvalue weighted by Gasteiger charge is -2.16. The van der Waals surface area contributed by atoms with Gasteiger partial charge in [-0.15, -0.1) is 0 Å². The molecule has 0 bridgehead atoms. The van der Waals surface area contributed by atoms with Crippen LogP contribution >= 0.6 is 0 Å². The van der Waals surface area contributed by atoms with Crippen LogP contribution in [0.25, 0.3) is 0 Å². The molecule has 8 heteroatoms. The first kappa shape index (κ1) is 25.2. The first-order valence-electron chi connectivity index (χ1n) is 10.9. The first-order valence-corrected chi connectivity index (χ1v) is 10.9. The van der Waals surface area contributed by atoms with Gasteiger partial charge >= 0.3 is 6.18 Å². The van der Waals surface area contributed by atoms with Gasteiger partial charge in [0, 0.05) is 23.9 Å². The quantitative estimate of drug-likeness (QED) is 0.391. The number of halogens is 3. The Morgan fingerprint density at radius 1 is 1.00 bits per heavy atom. The summed E-state index contributed by atoms with van der Waals surface area (Å²) in [6.07, 6.45) is -3.70. The highest BCUT2D eigenvalue weighted by molar-refractivity contribution is 6.05. The maximum atomic E-state index is 12.9. The second-order valence-corrected chi connectivity index (χ2v) is 8.24. The number of carbonyl (C=O) groups excluding carboxylic acids is 1. The Bertz CT molecular complexity index is 1150. The van der Waals surface area contributed by atoms with E-state index in [-0.39, 0.29) is 23.9 Å². The maximum absolute atomic E-state index is 12.9. The van der Waals surface area contributed by atoms with Gasteiger partial charge in [-0.25, -0.2) is 0 Å². The van der Waals surface area contributed by atoms with E-state index in [0.717, 1.165) is 17.8 Å². The van der Waals surface area contributed by atoms with E-state index in [1.54, 1.807) is 43.3 Å². The van der Waals surface area contributed by atoms with E-state index in [0.29, 0.717) is 29.1 Å². The van der Waals surface area contributed by atoms with Crippen molar-refractivity contribution in [2.75, 3.05) is 5.32 Å². The smallest absolute Gasteiger partial charge is 0.416 e. The molecule has 1 N–H and O–H groups in total. The van der Waals surface area contributed by atoms with Gasteiger partial charge in [0.25, 0.3) is 5.91 Å². The number of aromatic nitrogens is 1. The number of hydrogen-bond acceptors (Lipinski definition) is 4. The van der Waals surface area contributed by atoms with Crippen LogP contribution in [0.15, 0.2) is 60.7 Å². The first-order chi connectivity index (χ1) is 16.0. The largest absolute Gasteiger partial charge is 0.457 e. The molecule has 180 valence electrons. The van der Waals surface area contributed by atoms with Crippen LogP contribution in [-0.2, 0) is 17.3 Å². The van der Waals surface area contributed by atoms with Gasteiger partial charge in [-0.1, -0.05) is 12.1 Å². The topological polar surface area (TPSA) is 60.5 Å². The zero-order chi connectivity index (χ0) is 24.9. The van der Waals surface area contributed by atoms with Gasteiger partial charge in [0.2, 0.25) is 0 Å². The lowest BCUT2D eigenvalue weighted by molar-refractivity contribution is -0.137. The molecule has 0 aliphatic heterocycles. The van der Waals surface area contributed by atoms with Gasteiger partial charge in [0.05, 0.1) is 29.0 Å². The van der Waals surface area contributed by atoms with Crippen LogP contribution in [0.5, 0.6) is 11.5 Å². The fraction of sp³-hybridized carbons (Fsp3) is 0.308. The molecule has 0 aliphatic rings. The van der Waals surface area contributed by atoms with Crippen molar-refractivity contribution in [1.82, 2.24) is 4.98 Å². The third-order valence-electron chi connectivity index (χ3n) is 4.88. The second kappa shape index (κ2) is 10.7. The molecule has 0 saturated carbocycles. The predicted molar refractivity (Wildman–Crippen MR) is 124 cm³/mol. The van der Waals surface area contributed by atoms with E-state index >= 15 is 0 Å². The van der Waals surface area contributed by atoms with Crippen molar-refractivity contribution in [2.24, 2.45) is 0 Å². The number of hydrogen-bond donors (Lipinski definition) is 1. The molecular weight excluding hydrogens is 445 g/mol.